The van der Waals surface area contributed by atoms with Crippen molar-refractivity contribution in [2.75, 3.05) is 0 Å². The van der Waals surface area contributed by atoms with Crippen LogP contribution in [0.25, 0.3) is 10.9 Å². The quantitative estimate of drug-likeness (QED) is 0.464. The van der Waals surface area contributed by atoms with Crippen LogP contribution in [0.4, 0.5) is 0 Å². The number of aryl methyl sites for hydroxylation is 1. The summed E-state index contributed by atoms with van der Waals surface area (Å²) in [5.74, 6) is 0. The zero-order chi connectivity index (χ0) is 19.7. The molecule has 3 aromatic carbocycles. The Bertz CT molecular complexity index is 1230. The van der Waals surface area contributed by atoms with E-state index in [1.54, 1.807) is 18.2 Å². The molecule has 0 spiro atoms. The molecule has 0 saturated heterocycles. The number of rotatable bonds is 4. The van der Waals surface area contributed by atoms with Crippen LogP contribution in [0.1, 0.15) is 21.5 Å². The monoisotopic (exact) mass is 385 g/mol. The Kier molecular flexibility index (Phi) is 4.70. The second kappa shape index (κ2) is 7.18. The van der Waals surface area contributed by atoms with Gasteiger partial charge in [0.25, 0.3) is 0 Å². The van der Waals surface area contributed by atoms with Crippen molar-refractivity contribution < 1.29 is 9.36 Å². The highest BCUT2D eigenvalue weighted by molar-refractivity contribution is 7.93. The van der Waals surface area contributed by atoms with Crippen molar-refractivity contribution in [1.29, 1.82) is 0 Å². The van der Waals surface area contributed by atoms with E-state index in [1.807, 2.05) is 74.5 Å². The molecule has 1 heterocycles. The number of nitrogens with zero attached hydrogens (tertiary/aromatic N) is 1. The van der Waals surface area contributed by atoms with Crippen molar-refractivity contribution in [2.24, 2.45) is 0 Å². The zero-order valence-corrected chi connectivity index (χ0v) is 16.7. The summed E-state index contributed by atoms with van der Waals surface area (Å²) in [5.41, 5.74) is 2.69. The Morgan fingerprint density at radius 3 is 2.36 bits per heavy atom. The first-order valence-corrected chi connectivity index (χ1v) is 10.8. The van der Waals surface area contributed by atoms with Gasteiger partial charge in [0.15, 0.2) is 0 Å². The molecule has 0 radical (unpaired) electrons. The average Bonchev–Trinajstić information content (AvgIpc) is 2.75. The molecule has 0 N–H and O–H groups in total. The topological polar surface area (TPSA) is 47.0 Å². The maximum atomic E-state index is 14.4. The minimum absolute atomic E-state index is 0.367. The third-order valence-corrected chi connectivity index (χ3v) is 8.18. The van der Waals surface area contributed by atoms with Crippen molar-refractivity contribution in [1.82, 2.24) is 4.98 Å². The molecule has 4 rings (SSSR count). The molecule has 0 aliphatic rings. The highest BCUT2D eigenvalue weighted by atomic mass is 31.2. The maximum absolute atomic E-state index is 14.4. The first kappa shape index (κ1) is 18.3. The summed E-state index contributed by atoms with van der Waals surface area (Å²) in [6.45, 7) is 3.89. The van der Waals surface area contributed by atoms with Gasteiger partial charge in [0.05, 0.1) is 5.52 Å². The van der Waals surface area contributed by atoms with Gasteiger partial charge in [0.1, 0.15) is 0 Å². The molecule has 0 aliphatic heterocycles. The number of aromatic nitrogens is 1. The molecule has 0 fully saturated rings. The van der Waals surface area contributed by atoms with Crippen LogP contribution in [0, 0.1) is 13.8 Å². The molecule has 0 amide bonds. The summed E-state index contributed by atoms with van der Waals surface area (Å²) < 4.78 is 14.4. The van der Waals surface area contributed by atoms with Gasteiger partial charge in [0.2, 0.25) is 12.7 Å². The van der Waals surface area contributed by atoms with Crippen molar-refractivity contribution in [3.05, 3.63) is 102 Å². The highest BCUT2D eigenvalue weighted by Crippen LogP contribution is 2.48. The van der Waals surface area contributed by atoms with E-state index in [-0.39, 0.29) is 5.52 Å². The number of carbonyl (C=O) groups excluding carboxylic acids is 1. The molecule has 1 aromatic heterocycles. The summed E-state index contributed by atoms with van der Waals surface area (Å²) in [4.78, 5) is 18.1. The van der Waals surface area contributed by atoms with E-state index in [0.29, 0.717) is 16.2 Å². The second-order valence-corrected chi connectivity index (χ2v) is 9.51. The molecule has 0 bridgehead atoms. The summed E-state index contributed by atoms with van der Waals surface area (Å²) >= 11 is 0. The molecule has 1 unspecified atom stereocenters. The Morgan fingerprint density at radius 2 is 1.57 bits per heavy atom. The van der Waals surface area contributed by atoms with Gasteiger partial charge in [-0.25, -0.2) is 0 Å². The predicted octanol–water partition coefficient (Wildman–Crippen LogP) is 5.01. The first-order valence-electron chi connectivity index (χ1n) is 9.14. The Hall–Kier alpha value is -3.03. The van der Waals surface area contributed by atoms with Gasteiger partial charge in [-0.3, -0.25) is 9.78 Å². The van der Waals surface area contributed by atoms with Gasteiger partial charge in [0, 0.05) is 27.8 Å². The Labute approximate surface area is 164 Å². The van der Waals surface area contributed by atoms with E-state index in [0.717, 1.165) is 22.0 Å². The van der Waals surface area contributed by atoms with Gasteiger partial charge in [-0.15, -0.1) is 0 Å². The number of pyridine rings is 1. The lowest BCUT2D eigenvalue weighted by molar-refractivity contribution is 0.107. The van der Waals surface area contributed by atoms with Crippen LogP contribution in [-0.2, 0) is 4.57 Å². The normalized spacial score (nSPS) is 13.2. The molecule has 0 saturated carbocycles. The zero-order valence-electron chi connectivity index (χ0n) is 15.8. The number of hydrogen-bond acceptors (Lipinski definition) is 3. The van der Waals surface area contributed by atoms with Gasteiger partial charge >= 0.3 is 0 Å². The van der Waals surface area contributed by atoms with Crippen LogP contribution in [0.2, 0.25) is 0 Å². The molecular weight excluding hydrogens is 365 g/mol. The summed E-state index contributed by atoms with van der Waals surface area (Å²) in [5, 5.41) is 1.99. The number of para-hydroxylation sites is 1. The second-order valence-electron chi connectivity index (χ2n) is 6.89. The first-order chi connectivity index (χ1) is 13.5. The molecule has 1 atom stereocenters. The number of benzene rings is 3. The molecule has 4 heteroatoms. The van der Waals surface area contributed by atoms with Gasteiger partial charge < -0.3 is 4.57 Å². The Morgan fingerprint density at radius 1 is 0.857 bits per heavy atom. The minimum atomic E-state index is -3.56. The molecule has 4 aromatic rings. The minimum Gasteiger partial charge on any atom is -0.305 e. The lowest BCUT2D eigenvalue weighted by atomic mass is 10.1. The third-order valence-electron chi connectivity index (χ3n) is 5.16. The van der Waals surface area contributed by atoms with Crippen LogP contribution in [0.15, 0.2) is 85.1 Å². The van der Waals surface area contributed by atoms with Crippen molar-refractivity contribution in [3.8, 4) is 0 Å². The smallest absolute Gasteiger partial charge is 0.231 e. The predicted molar refractivity (Wildman–Crippen MR) is 115 cm³/mol. The van der Waals surface area contributed by atoms with Crippen LogP contribution in [0.3, 0.4) is 0 Å². The van der Waals surface area contributed by atoms with Crippen LogP contribution in [0.5, 0.6) is 0 Å². The van der Waals surface area contributed by atoms with E-state index >= 15 is 0 Å². The average molecular weight is 385 g/mol. The summed E-state index contributed by atoms with van der Waals surface area (Å²) in [7, 11) is -3.56. The van der Waals surface area contributed by atoms with E-state index in [4.69, 9.17) is 0 Å². The Balaban J connectivity index is 1.96. The third kappa shape index (κ3) is 2.98. The van der Waals surface area contributed by atoms with Crippen molar-refractivity contribution in [2.45, 2.75) is 13.8 Å². The van der Waals surface area contributed by atoms with Crippen LogP contribution >= 0.6 is 7.14 Å². The standard InChI is InChI=1S/C24H20NO2P/c1-17-9-8-14-23(18(17)2)28(27,21-11-4-3-5-12-21)24(26)20-15-19-10-6-7-13-22(19)25-16-20/h3-16H,1-2H3. The molecule has 28 heavy (non-hydrogen) atoms. The fraction of sp³-hybridized carbons (Fsp3) is 0.0833. The SMILES string of the molecule is Cc1cccc(P(=O)(C(=O)c2cnc3ccccc3c2)c2ccccc2)c1C. The highest BCUT2D eigenvalue weighted by Gasteiger charge is 2.38. The maximum Gasteiger partial charge on any atom is 0.231 e. The molecule has 0 aliphatic carbocycles. The van der Waals surface area contributed by atoms with Gasteiger partial charge in [-0.2, -0.15) is 0 Å². The molecular formula is C24H20NO2P. The van der Waals surface area contributed by atoms with E-state index < -0.39 is 7.14 Å². The van der Waals surface area contributed by atoms with Crippen molar-refractivity contribution >= 4 is 34.2 Å². The number of hydrogen-bond donors (Lipinski definition) is 0. The molecule has 3 nitrogen and oxygen atoms in total. The lowest BCUT2D eigenvalue weighted by Gasteiger charge is -2.21. The largest absolute Gasteiger partial charge is 0.305 e. The van der Waals surface area contributed by atoms with Crippen molar-refractivity contribution in [3.63, 3.8) is 0 Å². The summed E-state index contributed by atoms with van der Waals surface area (Å²) in [6, 6.07) is 24.1. The van der Waals surface area contributed by atoms with E-state index in [2.05, 4.69) is 4.98 Å². The number of fused-ring (bicyclic) bond motifs is 1. The van der Waals surface area contributed by atoms with Crippen LogP contribution < -0.4 is 10.6 Å². The lowest BCUT2D eigenvalue weighted by Crippen LogP contribution is -2.25. The van der Waals surface area contributed by atoms with Gasteiger partial charge in [-0.1, -0.05) is 66.7 Å². The van der Waals surface area contributed by atoms with Gasteiger partial charge in [-0.05, 0) is 37.1 Å². The number of carbonyl (C=O) groups is 1. The van der Waals surface area contributed by atoms with E-state index in [1.165, 1.54) is 6.20 Å². The summed E-state index contributed by atoms with van der Waals surface area (Å²) in [6.07, 6.45) is 1.53. The molecule has 138 valence electrons. The fourth-order valence-corrected chi connectivity index (χ4v) is 6.20. The van der Waals surface area contributed by atoms with E-state index in [9.17, 15) is 9.36 Å². The fourth-order valence-electron chi connectivity index (χ4n) is 3.45. The van der Waals surface area contributed by atoms with Crippen LogP contribution in [-0.4, -0.2) is 10.5 Å².